The molecular weight excluding hydrogens is 444 g/mol. The zero-order valence-corrected chi connectivity index (χ0v) is 18.7. The van der Waals surface area contributed by atoms with Gasteiger partial charge in [-0.05, 0) is 24.5 Å². The zero-order chi connectivity index (χ0) is 23.4. The third kappa shape index (κ3) is 4.85. The molecule has 9 nitrogen and oxygen atoms in total. The van der Waals surface area contributed by atoms with Crippen LogP contribution < -0.4 is 5.32 Å². The van der Waals surface area contributed by atoms with E-state index in [9.17, 15) is 19.5 Å². The number of carboxylic acid groups (broad SMARTS) is 1. The van der Waals surface area contributed by atoms with Crippen LogP contribution in [0, 0.1) is 0 Å². The molecule has 1 atom stereocenters. The van der Waals surface area contributed by atoms with E-state index in [2.05, 4.69) is 15.3 Å². The van der Waals surface area contributed by atoms with Gasteiger partial charge in [-0.1, -0.05) is 30.3 Å². The van der Waals surface area contributed by atoms with E-state index >= 15 is 0 Å². The Morgan fingerprint density at radius 2 is 2.03 bits per heavy atom. The van der Waals surface area contributed by atoms with Gasteiger partial charge in [-0.3, -0.25) is 4.79 Å². The van der Waals surface area contributed by atoms with Crippen LogP contribution in [-0.4, -0.2) is 51.0 Å². The van der Waals surface area contributed by atoms with Crippen LogP contribution in [0.15, 0.2) is 48.8 Å². The lowest BCUT2D eigenvalue weighted by molar-refractivity contribution is -0.138. The molecule has 0 bridgehead atoms. The van der Waals surface area contributed by atoms with Gasteiger partial charge in [-0.2, -0.15) is 0 Å². The number of hydrogen-bond acceptors (Lipinski definition) is 8. The average Bonchev–Trinajstić information content (AvgIpc) is 3.20. The van der Waals surface area contributed by atoms with Crippen molar-refractivity contribution in [2.75, 3.05) is 18.5 Å². The number of amides is 1. The third-order valence-corrected chi connectivity index (χ3v) is 6.38. The van der Waals surface area contributed by atoms with E-state index < -0.39 is 18.0 Å². The van der Waals surface area contributed by atoms with Crippen molar-refractivity contribution < 1.29 is 24.2 Å². The fourth-order valence-electron chi connectivity index (χ4n) is 3.73. The first kappa shape index (κ1) is 22.4. The fourth-order valence-corrected chi connectivity index (χ4v) is 4.93. The van der Waals surface area contributed by atoms with Gasteiger partial charge in [0.25, 0.3) is 0 Å². The highest BCUT2D eigenvalue weighted by Crippen LogP contribution is 2.38. The number of benzene rings is 1. The number of nitrogens with one attached hydrogen (secondary N) is 1. The molecular formula is C23H22N4O5S. The molecule has 0 radical (unpaired) electrons. The number of carbonyl (C=O) groups excluding carboxylic acids is 2. The summed E-state index contributed by atoms with van der Waals surface area (Å²) in [5, 5.41) is 13.6. The summed E-state index contributed by atoms with van der Waals surface area (Å²) in [6.07, 6.45) is 4.33. The largest absolute Gasteiger partial charge is 0.479 e. The van der Waals surface area contributed by atoms with Crippen LogP contribution in [0.25, 0.3) is 10.2 Å². The molecule has 2 N–H and O–H groups in total. The van der Waals surface area contributed by atoms with E-state index in [1.807, 2.05) is 6.07 Å². The molecule has 0 saturated heterocycles. The monoisotopic (exact) mass is 466 g/mol. The predicted molar refractivity (Wildman–Crippen MR) is 123 cm³/mol. The third-order valence-electron chi connectivity index (χ3n) is 5.26. The Morgan fingerprint density at radius 1 is 1.24 bits per heavy atom. The maximum absolute atomic E-state index is 12.5. The number of nitrogens with zero attached hydrogens (tertiary/aromatic N) is 3. The number of anilines is 1. The van der Waals surface area contributed by atoms with Gasteiger partial charge in [0.15, 0.2) is 6.04 Å². The Hall–Kier alpha value is -3.79. The quantitative estimate of drug-likeness (QED) is 0.403. The van der Waals surface area contributed by atoms with Crippen molar-refractivity contribution in [3.63, 3.8) is 0 Å². The normalized spacial score (nSPS) is 14.2. The van der Waals surface area contributed by atoms with Crippen LogP contribution in [0.5, 0.6) is 0 Å². The minimum Gasteiger partial charge on any atom is -0.479 e. The van der Waals surface area contributed by atoms with Crippen LogP contribution in [-0.2, 0) is 32.1 Å². The summed E-state index contributed by atoms with van der Waals surface area (Å²) in [6, 6.07) is 7.94. The van der Waals surface area contributed by atoms with Gasteiger partial charge in [-0.15, -0.1) is 11.3 Å². The van der Waals surface area contributed by atoms with Crippen molar-refractivity contribution in [1.82, 2.24) is 14.9 Å². The van der Waals surface area contributed by atoms with Gasteiger partial charge in [0.05, 0.1) is 18.5 Å². The number of thiophene rings is 1. The number of carbonyl (C=O) groups is 3. The van der Waals surface area contributed by atoms with E-state index in [0.717, 1.165) is 26.7 Å². The number of hydrogen-bond donors (Lipinski definition) is 2. The second-order valence-corrected chi connectivity index (χ2v) is 8.41. The second kappa shape index (κ2) is 9.78. The van der Waals surface area contributed by atoms with Crippen molar-refractivity contribution in [3.8, 4) is 0 Å². The summed E-state index contributed by atoms with van der Waals surface area (Å²) < 4.78 is 4.81. The molecule has 1 amide bonds. The molecule has 0 saturated carbocycles. The molecule has 3 aromatic rings. The summed E-state index contributed by atoms with van der Waals surface area (Å²) in [6.45, 7) is 2.78. The predicted octanol–water partition coefficient (Wildman–Crippen LogP) is 2.93. The smallest absolute Gasteiger partial charge is 0.330 e. The fraction of sp³-hybridized carbons (Fsp3) is 0.261. The Kier molecular flexibility index (Phi) is 6.64. The lowest BCUT2D eigenvalue weighted by atomic mass is 10.0. The molecule has 0 aliphatic carbocycles. The first-order chi connectivity index (χ1) is 16.0. The number of rotatable bonds is 7. The molecule has 0 spiro atoms. The standard InChI is InChI=1S/C23H22N4O5S/c1-2-32-18(29)9-8-17(28)27-11-10-15-16(12-27)33-22-19(15)21(24-13-25-22)26-20(23(30)31)14-6-4-3-5-7-14/h3-9,13,20H,2,10-12H2,1H3,(H,30,31)(H,24,25,26)/t20-/m0/s1. The molecule has 3 heterocycles. The van der Waals surface area contributed by atoms with Crippen LogP contribution in [0.1, 0.15) is 29.0 Å². The van der Waals surface area contributed by atoms with Gasteiger partial charge < -0.3 is 20.1 Å². The van der Waals surface area contributed by atoms with Crippen molar-refractivity contribution in [2.45, 2.75) is 25.9 Å². The van der Waals surface area contributed by atoms with Gasteiger partial charge in [-0.25, -0.2) is 19.6 Å². The topological polar surface area (TPSA) is 122 Å². The van der Waals surface area contributed by atoms with Gasteiger partial charge in [0, 0.05) is 23.6 Å². The number of ether oxygens (including phenoxy) is 1. The second-order valence-electron chi connectivity index (χ2n) is 7.33. The number of fused-ring (bicyclic) bond motifs is 3. The summed E-state index contributed by atoms with van der Waals surface area (Å²) in [5.41, 5.74) is 1.62. The average molecular weight is 467 g/mol. The van der Waals surface area contributed by atoms with E-state index in [-0.39, 0.29) is 12.5 Å². The first-order valence-corrected chi connectivity index (χ1v) is 11.2. The minimum atomic E-state index is -1.01. The van der Waals surface area contributed by atoms with E-state index in [0.29, 0.717) is 30.9 Å². The Balaban J connectivity index is 1.59. The SMILES string of the molecule is CCOC(=O)C=CC(=O)N1CCc2c(sc3ncnc(N[C@H](C(=O)O)c4ccccc4)c23)C1. The van der Waals surface area contributed by atoms with Gasteiger partial charge in [0.1, 0.15) is 17.0 Å². The highest BCUT2D eigenvalue weighted by atomic mass is 32.1. The van der Waals surface area contributed by atoms with Crippen LogP contribution in [0.2, 0.25) is 0 Å². The molecule has 2 aromatic heterocycles. The molecule has 1 aromatic carbocycles. The van der Waals surface area contributed by atoms with Gasteiger partial charge >= 0.3 is 11.9 Å². The highest BCUT2D eigenvalue weighted by Gasteiger charge is 2.27. The molecule has 33 heavy (non-hydrogen) atoms. The molecule has 1 aliphatic heterocycles. The molecule has 4 rings (SSSR count). The number of carboxylic acids is 1. The van der Waals surface area contributed by atoms with Gasteiger partial charge in [0.2, 0.25) is 5.91 Å². The zero-order valence-electron chi connectivity index (χ0n) is 17.9. The molecule has 1 aliphatic rings. The maximum atomic E-state index is 12.5. The molecule has 170 valence electrons. The number of aliphatic carboxylic acids is 1. The van der Waals surface area contributed by atoms with Crippen molar-refractivity contribution >= 4 is 45.2 Å². The van der Waals surface area contributed by atoms with E-state index in [1.165, 1.54) is 23.7 Å². The van der Waals surface area contributed by atoms with E-state index in [4.69, 9.17) is 4.74 Å². The van der Waals surface area contributed by atoms with Crippen LogP contribution in [0.3, 0.4) is 0 Å². The van der Waals surface area contributed by atoms with Crippen LogP contribution in [0.4, 0.5) is 5.82 Å². The molecule has 10 heteroatoms. The number of esters is 1. The molecule has 0 unspecified atom stereocenters. The van der Waals surface area contributed by atoms with Crippen molar-refractivity contribution in [1.29, 1.82) is 0 Å². The first-order valence-electron chi connectivity index (χ1n) is 10.4. The lowest BCUT2D eigenvalue weighted by Crippen LogP contribution is -2.34. The summed E-state index contributed by atoms with van der Waals surface area (Å²) >= 11 is 1.45. The summed E-state index contributed by atoms with van der Waals surface area (Å²) in [4.78, 5) is 48.0. The van der Waals surface area contributed by atoms with Crippen molar-refractivity contribution in [3.05, 3.63) is 64.8 Å². The maximum Gasteiger partial charge on any atom is 0.330 e. The van der Waals surface area contributed by atoms with E-state index in [1.54, 1.807) is 36.1 Å². The van der Waals surface area contributed by atoms with Crippen molar-refractivity contribution in [2.24, 2.45) is 0 Å². The number of aromatic nitrogens is 2. The Labute approximate surface area is 193 Å². The molecule has 0 fully saturated rings. The lowest BCUT2D eigenvalue weighted by Gasteiger charge is -2.26. The van der Waals surface area contributed by atoms with Crippen LogP contribution >= 0.6 is 11.3 Å². The summed E-state index contributed by atoms with van der Waals surface area (Å²) in [7, 11) is 0. The Morgan fingerprint density at radius 3 is 2.76 bits per heavy atom. The minimum absolute atomic E-state index is 0.247. The highest BCUT2D eigenvalue weighted by molar-refractivity contribution is 7.19. The Bertz CT molecular complexity index is 1220. The summed E-state index contributed by atoms with van der Waals surface area (Å²) in [5.74, 6) is -1.38.